The molecule has 0 spiro atoms. The Labute approximate surface area is 237 Å². The van der Waals surface area contributed by atoms with E-state index < -0.39 is 0 Å². The molecule has 2 aliphatic heterocycles. The molecule has 2 aromatic heterocycles. The first kappa shape index (κ1) is 27.4. The number of hydrogen-bond donors (Lipinski definition) is 1. The first-order chi connectivity index (χ1) is 19.5. The predicted octanol–water partition coefficient (Wildman–Crippen LogP) is 7.27. The third-order valence-corrected chi connectivity index (χ3v) is 7.32. The van der Waals surface area contributed by atoms with Crippen molar-refractivity contribution in [2.24, 2.45) is 11.0 Å². The smallest absolute Gasteiger partial charge is 0.160 e. The summed E-state index contributed by atoms with van der Waals surface area (Å²) in [6.45, 7) is 12.6. The van der Waals surface area contributed by atoms with Crippen LogP contribution >= 0.6 is 0 Å². The normalized spacial score (nSPS) is 18.3. The number of ether oxygens (including phenoxy) is 1. The third-order valence-electron chi connectivity index (χ3n) is 7.32. The van der Waals surface area contributed by atoms with Gasteiger partial charge in [-0.05, 0) is 87.4 Å². The maximum absolute atomic E-state index is 6.23. The maximum Gasteiger partial charge on any atom is 0.160 e. The van der Waals surface area contributed by atoms with E-state index in [1.807, 2.05) is 62.3 Å². The largest absolute Gasteiger partial charge is 0.457 e. The molecule has 5 rings (SSSR count). The zero-order chi connectivity index (χ0) is 28.1. The van der Waals surface area contributed by atoms with Crippen LogP contribution in [0.25, 0.3) is 11.0 Å². The van der Waals surface area contributed by atoms with E-state index in [0.29, 0.717) is 11.7 Å². The van der Waals surface area contributed by atoms with Gasteiger partial charge in [-0.15, -0.1) is 0 Å². The molecule has 0 radical (unpaired) electrons. The Morgan fingerprint density at radius 3 is 2.85 bits per heavy atom. The minimum Gasteiger partial charge on any atom is -0.457 e. The number of benzene rings is 1. The van der Waals surface area contributed by atoms with Gasteiger partial charge in [0.05, 0.1) is 11.2 Å². The van der Waals surface area contributed by atoms with E-state index in [9.17, 15) is 0 Å². The average molecular weight is 538 g/mol. The Morgan fingerprint density at radius 2 is 2.08 bits per heavy atom. The van der Waals surface area contributed by atoms with Gasteiger partial charge >= 0.3 is 0 Å². The molecule has 4 heterocycles. The van der Waals surface area contributed by atoms with Gasteiger partial charge in [-0.1, -0.05) is 26.3 Å². The van der Waals surface area contributed by atoms with Gasteiger partial charge in [-0.25, -0.2) is 20.0 Å². The summed E-state index contributed by atoms with van der Waals surface area (Å²) < 4.78 is 6.23. The topological polar surface area (TPSA) is 78.8 Å². The van der Waals surface area contributed by atoms with Crippen LogP contribution in [0.4, 0.5) is 17.3 Å². The number of pyridine rings is 1. The number of fused-ring (bicyclic) bond motifs is 2. The minimum absolute atomic E-state index is 0.634. The minimum atomic E-state index is 0.634. The highest BCUT2D eigenvalue weighted by molar-refractivity contribution is 5.89. The Balaban J connectivity index is 1.39. The molecule has 1 unspecified atom stereocenters. The summed E-state index contributed by atoms with van der Waals surface area (Å²) in [6.07, 6.45) is 15.7. The predicted molar refractivity (Wildman–Crippen MR) is 164 cm³/mol. The molecule has 2 aliphatic rings. The third kappa shape index (κ3) is 6.01. The van der Waals surface area contributed by atoms with E-state index >= 15 is 0 Å². The summed E-state index contributed by atoms with van der Waals surface area (Å²) in [4.78, 5) is 16.8. The molecule has 0 bridgehead atoms. The molecule has 1 aromatic carbocycles. The van der Waals surface area contributed by atoms with E-state index in [2.05, 4.69) is 51.3 Å². The van der Waals surface area contributed by atoms with Crippen molar-refractivity contribution < 1.29 is 4.74 Å². The van der Waals surface area contributed by atoms with Gasteiger partial charge in [0.2, 0.25) is 0 Å². The fourth-order valence-corrected chi connectivity index (χ4v) is 5.17. The standard InChI is InChI=1S/C32H39N7O/c1-6-9-15-38-20-22(4)10-11-24-18-28-30(37-32(24)38)31(34-21-33-28)36-25-12-13-29(23(5)17-25)40-27-14-16-39(35-8-3)26(7-2)19-27/h7-8,12-14,16-19,21-22H,6,9-11,15,20H2,1-5H3,(H,33,34,36)/b26-7+,35-8-. The van der Waals surface area contributed by atoms with E-state index in [1.165, 1.54) is 18.4 Å². The quantitative estimate of drug-likeness (QED) is 0.303. The SMILES string of the molecule is C/C=N\N1C=CC(Oc2ccc(Nc3ncnc4cc5c(nc34)N(CCCC)CC(C)CC5)cc2C)=C/C1=C\C. The zero-order valence-corrected chi connectivity index (χ0v) is 24.2. The van der Waals surface area contributed by atoms with Gasteiger partial charge in [0.25, 0.3) is 0 Å². The van der Waals surface area contributed by atoms with E-state index in [1.54, 1.807) is 12.5 Å². The van der Waals surface area contributed by atoms with Gasteiger partial charge in [0.1, 0.15) is 29.2 Å². The van der Waals surface area contributed by atoms with Gasteiger partial charge in [-0.3, -0.25) is 0 Å². The molecule has 1 N–H and O–H groups in total. The number of unbranched alkanes of at least 4 members (excludes halogenated alkanes) is 1. The number of rotatable bonds is 8. The number of anilines is 3. The number of aryl methyl sites for hydroxylation is 2. The summed E-state index contributed by atoms with van der Waals surface area (Å²) in [7, 11) is 0. The second-order valence-corrected chi connectivity index (χ2v) is 10.5. The lowest BCUT2D eigenvalue weighted by Crippen LogP contribution is -2.29. The highest BCUT2D eigenvalue weighted by atomic mass is 16.5. The van der Waals surface area contributed by atoms with Crippen LogP contribution < -0.4 is 15.0 Å². The van der Waals surface area contributed by atoms with Gasteiger partial charge in [-0.2, -0.15) is 5.10 Å². The molecule has 1 atom stereocenters. The Kier molecular flexibility index (Phi) is 8.43. The number of hydrazone groups is 1. The molecule has 0 aliphatic carbocycles. The van der Waals surface area contributed by atoms with Crippen LogP contribution in [0, 0.1) is 12.8 Å². The second-order valence-electron chi connectivity index (χ2n) is 10.5. The molecule has 0 saturated carbocycles. The van der Waals surface area contributed by atoms with Crippen LogP contribution in [0.15, 0.2) is 71.6 Å². The molecule has 3 aromatic rings. The van der Waals surface area contributed by atoms with E-state index in [-0.39, 0.29) is 0 Å². The molecule has 8 heteroatoms. The molecule has 40 heavy (non-hydrogen) atoms. The summed E-state index contributed by atoms with van der Waals surface area (Å²) in [5.41, 5.74) is 5.84. The first-order valence-electron chi connectivity index (χ1n) is 14.3. The number of hydrogen-bond acceptors (Lipinski definition) is 8. The monoisotopic (exact) mass is 537 g/mol. The summed E-state index contributed by atoms with van der Waals surface area (Å²) in [5.74, 6) is 3.98. The van der Waals surface area contributed by atoms with Crippen LogP contribution in [0.5, 0.6) is 5.75 Å². The molecular formula is C32H39N7O. The van der Waals surface area contributed by atoms with Crippen LogP contribution in [0.3, 0.4) is 0 Å². The van der Waals surface area contributed by atoms with Crippen molar-refractivity contribution in [2.45, 2.75) is 60.3 Å². The lowest BCUT2D eigenvalue weighted by atomic mass is 10.0. The highest BCUT2D eigenvalue weighted by Gasteiger charge is 2.22. The molecule has 208 valence electrons. The highest BCUT2D eigenvalue weighted by Crippen LogP contribution is 2.33. The van der Waals surface area contributed by atoms with Crippen LogP contribution in [0.1, 0.15) is 58.1 Å². The lowest BCUT2D eigenvalue weighted by molar-refractivity contribution is 0.420. The van der Waals surface area contributed by atoms with Crippen molar-refractivity contribution in [3.8, 4) is 5.75 Å². The Morgan fingerprint density at radius 1 is 1.20 bits per heavy atom. The molecule has 0 amide bonds. The average Bonchev–Trinajstić information content (AvgIpc) is 3.11. The van der Waals surface area contributed by atoms with Crippen molar-refractivity contribution in [1.82, 2.24) is 20.0 Å². The zero-order valence-electron chi connectivity index (χ0n) is 24.2. The number of allylic oxidation sites excluding steroid dienone is 3. The van der Waals surface area contributed by atoms with E-state index in [4.69, 9.17) is 9.72 Å². The second kappa shape index (κ2) is 12.3. The summed E-state index contributed by atoms with van der Waals surface area (Å²) >= 11 is 0. The van der Waals surface area contributed by atoms with Crippen molar-refractivity contribution in [3.05, 3.63) is 77.6 Å². The number of nitrogens with zero attached hydrogens (tertiary/aromatic N) is 6. The number of aromatic nitrogens is 3. The first-order valence-corrected chi connectivity index (χ1v) is 14.3. The molecular weight excluding hydrogens is 498 g/mol. The number of nitrogens with one attached hydrogen (secondary N) is 1. The van der Waals surface area contributed by atoms with Crippen molar-refractivity contribution in [3.63, 3.8) is 0 Å². The lowest BCUT2D eigenvalue weighted by Gasteiger charge is -2.26. The molecule has 0 saturated heterocycles. The Bertz CT molecular complexity index is 1490. The van der Waals surface area contributed by atoms with Crippen LogP contribution in [-0.4, -0.2) is 39.3 Å². The van der Waals surface area contributed by atoms with Gasteiger partial charge in [0, 0.05) is 37.3 Å². The van der Waals surface area contributed by atoms with Crippen molar-refractivity contribution in [2.75, 3.05) is 23.3 Å². The molecule has 0 fully saturated rings. The van der Waals surface area contributed by atoms with Crippen LogP contribution in [-0.2, 0) is 6.42 Å². The summed E-state index contributed by atoms with van der Waals surface area (Å²) in [5, 5.41) is 9.65. The summed E-state index contributed by atoms with van der Waals surface area (Å²) in [6, 6.07) is 8.27. The Hall–Kier alpha value is -4.20. The van der Waals surface area contributed by atoms with Crippen LogP contribution in [0.2, 0.25) is 0 Å². The van der Waals surface area contributed by atoms with Gasteiger partial charge < -0.3 is 15.0 Å². The maximum atomic E-state index is 6.23. The fourth-order valence-electron chi connectivity index (χ4n) is 5.17. The van der Waals surface area contributed by atoms with E-state index in [0.717, 1.165) is 71.2 Å². The van der Waals surface area contributed by atoms with Crippen molar-refractivity contribution in [1.29, 1.82) is 0 Å². The van der Waals surface area contributed by atoms with Gasteiger partial charge in [0.15, 0.2) is 5.82 Å². The molecule has 8 nitrogen and oxygen atoms in total. The van der Waals surface area contributed by atoms with Crippen molar-refractivity contribution >= 4 is 34.6 Å². The fraction of sp³-hybridized carbons (Fsp3) is 0.375.